The highest BCUT2D eigenvalue weighted by atomic mass is 16.5. The van der Waals surface area contributed by atoms with E-state index in [9.17, 15) is 4.79 Å². The number of hydrogen-bond donors (Lipinski definition) is 0. The summed E-state index contributed by atoms with van der Waals surface area (Å²) in [6.45, 7) is 1.49. The SMILES string of the molecule is CC(=O)OC1CCC(c2ccnc3ccccc23)CC1. The van der Waals surface area contributed by atoms with Crippen molar-refractivity contribution in [3.63, 3.8) is 0 Å². The van der Waals surface area contributed by atoms with Crippen molar-refractivity contribution >= 4 is 16.9 Å². The monoisotopic (exact) mass is 269 g/mol. The minimum absolute atomic E-state index is 0.108. The number of ether oxygens (including phenoxy) is 1. The van der Waals surface area contributed by atoms with Crippen LogP contribution < -0.4 is 0 Å². The molecule has 1 aliphatic rings. The van der Waals surface area contributed by atoms with Gasteiger partial charge in [0.2, 0.25) is 0 Å². The molecule has 3 heteroatoms. The summed E-state index contributed by atoms with van der Waals surface area (Å²) in [5.41, 5.74) is 2.45. The number of benzene rings is 1. The molecule has 1 heterocycles. The third-order valence-electron chi connectivity index (χ3n) is 4.13. The number of rotatable bonds is 2. The van der Waals surface area contributed by atoms with E-state index >= 15 is 0 Å². The maximum atomic E-state index is 11.0. The topological polar surface area (TPSA) is 39.2 Å². The van der Waals surface area contributed by atoms with Gasteiger partial charge in [0, 0.05) is 18.5 Å². The summed E-state index contributed by atoms with van der Waals surface area (Å²) in [7, 11) is 0. The summed E-state index contributed by atoms with van der Waals surface area (Å²) in [6, 6.07) is 10.4. The second-order valence-electron chi connectivity index (χ2n) is 5.50. The van der Waals surface area contributed by atoms with Gasteiger partial charge in [-0.05, 0) is 49.3 Å². The van der Waals surface area contributed by atoms with Gasteiger partial charge < -0.3 is 4.74 Å². The molecule has 104 valence electrons. The number of carbonyl (C=O) groups excluding carboxylic acids is 1. The Labute approximate surface area is 119 Å². The van der Waals surface area contributed by atoms with Gasteiger partial charge in [0.1, 0.15) is 6.10 Å². The number of nitrogens with zero attached hydrogens (tertiary/aromatic N) is 1. The van der Waals surface area contributed by atoms with Crippen LogP contribution in [0.5, 0.6) is 0 Å². The smallest absolute Gasteiger partial charge is 0.302 e. The van der Waals surface area contributed by atoms with E-state index in [4.69, 9.17) is 4.74 Å². The van der Waals surface area contributed by atoms with Crippen molar-refractivity contribution < 1.29 is 9.53 Å². The van der Waals surface area contributed by atoms with Crippen molar-refractivity contribution in [1.82, 2.24) is 4.98 Å². The van der Waals surface area contributed by atoms with Crippen LogP contribution in [0.15, 0.2) is 36.5 Å². The first-order valence-electron chi connectivity index (χ1n) is 7.25. The van der Waals surface area contributed by atoms with E-state index in [-0.39, 0.29) is 12.1 Å². The molecular formula is C17H19NO2. The van der Waals surface area contributed by atoms with Crippen LogP contribution in [0, 0.1) is 0 Å². The van der Waals surface area contributed by atoms with Gasteiger partial charge in [-0.1, -0.05) is 18.2 Å². The highest BCUT2D eigenvalue weighted by Crippen LogP contribution is 2.36. The van der Waals surface area contributed by atoms with E-state index in [0.717, 1.165) is 31.2 Å². The predicted molar refractivity (Wildman–Crippen MR) is 78.5 cm³/mol. The Balaban J connectivity index is 1.78. The van der Waals surface area contributed by atoms with Crippen molar-refractivity contribution in [2.75, 3.05) is 0 Å². The second kappa shape index (κ2) is 5.61. The molecule has 0 N–H and O–H groups in total. The van der Waals surface area contributed by atoms with Gasteiger partial charge >= 0.3 is 5.97 Å². The van der Waals surface area contributed by atoms with Gasteiger partial charge in [0.05, 0.1) is 5.52 Å². The average molecular weight is 269 g/mol. The van der Waals surface area contributed by atoms with Crippen molar-refractivity contribution in [3.05, 3.63) is 42.1 Å². The van der Waals surface area contributed by atoms with Gasteiger partial charge in [0.15, 0.2) is 0 Å². The summed E-state index contributed by atoms with van der Waals surface area (Å²) in [5.74, 6) is 0.387. The van der Waals surface area contributed by atoms with Crippen LogP contribution >= 0.6 is 0 Å². The van der Waals surface area contributed by atoms with E-state index in [2.05, 4.69) is 29.2 Å². The summed E-state index contributed by atoms with van der Waals surface area (Å²) in [4.78, 5) is 15.4. The minimum atomic E-state index is -0.164. The van der Waals surface area contributed by atoms with E-state index in [1.54, 1.807) is 0 Å². The van der Waals surface area contributed by atoms with Crippen LogP contribution in [0.3, 0.4) is 0 Å². The Morgan fingerprint density at radius 2 is 1.90 bits per heavy atom. The standard InChI is InChI=1S/C17H19NO2/c1-12(19)20-14-8-6-13(7-9-14)15-10-11-18-17-5-3-2-4-16(15)17/h2-5,10-11,13-14H,6-9H2,1H3. The summed E-state index contributed by atoms with van der Waals surface area (Å²) in [5, 5.41) is 1.26. The zero-order chi connectivity index (χ0) is 13.9. The molecule has 0 saturated heterocycles. The van der Waals surface area contributed by atoms with Gasteiger partial charge in [-0.2, -0.15) is 0 Å². The molecule has 0 unspecified atom stereocenters. The maximum absolute atomic E-state index is 11.0. The Bertz CT molecular complexity index is 610. The van der Waals surface area contributed by atoms with E-state index in [1.807, 2.05) is 12.3 Å². The predicted octanol–water partition coefficient (Wildman–Crippen LogP) is 3.82. The third-order valence-corrected chi connectivity index (χ3v) is 4.13. The zero-order valence-corrected chi connectivity index (χ0v) is 11.7. The molecule has 1 saturated carbocycles. The van der Waals surface area contributed by atoms with Gasteiger partial charge in [0.25, 0.3) is 0 Å². The van der Waals surface area contributed by atoms with Crippen LogP contribution in [0.4, 0.5) is 0 Å². The molecule has 0 spiro atoms. The number of fused-ring (bicyclic) bond motifs is 1. The summed E-state index contributed by atoms with van der Waals surface area (Å²) in [6.07, 6.45) is 6.08. The quantitative estimate of drug-likeness (QED) is 0.778. The van der Waals surface area contributed by atoms with Crippen LogP contribution in [0.25, 0.3) is 10.9 Å². The van der Waals surface area contributed by atoms with Crippen LogP contribution in [-0.2, 0) is 9.53 Å². The number of carbonyl (C=O) groups is 1. The first-order chi connectivity index (χ1) is 9.74. The number of esters is 1. The molecule has 3 nitrogen and oxygen atoms in total. The van der Waals surface area contributed by atoms with Crippen molar-refractivity contribution in [2.45, 2.75) is 44.6 Å². The highest BCUT2D eigenvalue weighted by molar-refractivity contribution is 5.82. The number of pyridine rings is 1. The highest BCUT2D eigenvalue weighted by Gasteiger charge is 2.25. The second-order valence-corrected chi connectivity index (χ2v) is 5.50. The summed E-state index contributed by atoms with van der Waals surface area (Å²) < 4.78 is 5.31. The lowest BCUT2D eigenvalue weighted by molar-refractivity contribution is -0.147. The molecule has 0 amide bonds. The first kappa shape index (κ1) is 13.1. The Kier molecular flexibility index (Phi) is 3.68. The van der Waals surface area contributed by atoms with E-state index in [1.165, 1.54) is 17.9 Å². The molecule has 1 aromatic carbocycles. The molecule has 0 aliphatic heterocycles. The lowest BCUT2D eigenvalue weighted by Gasteiger charge is -2.28. The average Bonchev–Trinajstić information content (AvgIpc) is 2.47. The van der Waals surface area contributed by atoms with Crippen LogP contribution in [-0.4, -0.2) is 17.1 Å². The Morgan fingerprint density at radius 1 is 1.15 bits per heavy atom. The van der Waals surface area contributed by atoms with Crippen LogP contribution in [0.1, 0.15) is 44.1 Å². The molecular weight excluding hydrogens is 250 g/mol. The van der Waals surface area contributed by atoms with E-state index in [0.29, 0.717) is 5.92 Å². The fraction of sp³-hybridized carbons (Fsp3) is 0.412. The van der Waals surface area contributed by atoms with Crippen molar-refractivity contribution in [2.24, 2.45) is 0 Å². The summed E-state index contributed by atoms with van der Waals surface area (Å²) >= 11 is 0. The lowest BCUT2D eigenvalue weighted by Crippen LogP contribution is -2.22. The molecule has 1 fully saturated rings. The molecule has 3 rings (SSSR count). The van der Waals surface area contributed by atoms with Gasteiger partial charge in [-0.25, -0.2) is 0 Å². The molecule has 0 bridgehead atoms. The Hall–Kier alpha value is -1.90. The van der Waals surface area contributed by atoms with Crippen molar-refractivity contribution in [1.29, 1.82) is 0 Å². The molecule has 0 radical (unpaired) electrons. The first-order valence-corrected chi connectivity index (χ1v) is 7.25. The normalized spacial score (nSPS) is 22.6. The third kappa shape index (κ3) is 2.67. The number of para-hydroxylation sites is 1. The van der Waals surface area contributed by atoms with Crippen molar-refractivity contribution in [3.8, 4) is 0 Å². The fourth-order valence-corrected chi connectivity index (χ4v) is 3.20. The Morgan fingerprint density at radius 3 is 2.65 bits per heavy atom. The molecule has 0 atom stereocenters. The zero-order valence-electron chi connectivity index (χ0n) is 11.7. The van der Waals surface area contributed by atoms with Gasteiger partial charge in [-0.15, -0.1) is 0 Å². The van der Waals surface area contributed by atoms with Gasteiger partial charge in [-0.3, -0.25) is 9.78 Å². The minimum Gasteiger partial charge on any atom is -0.463 e. The largest absolute Gasteiger partial charge is 0.463 e. The van der Waals surface area contributed by atoms with Crippen LogP contribution in [0.2, 0.25) is 0 Å². The van der Waals surface area contributed by atoms with E-state index < -0.39 is 0 Å². The fourth-order valence-electron chi connectivity index (χ4n) is 3.20. The number of hydrogen-bond acceptors (Lipinski definition) is 3. The molecule has 20 heavy (non-hydrogen) atoms. The number of aromatic nitrogens is 1. The molecule has 1 aromatic heterocycles. The molecule has 2 aromatic rings. The molecule has 1 aliphatic carbocycles. The lowest BCUT2D eigenvalue weighted by atomic mass is 9.81. The maximum Gasteiger partial charge on any atom is 0.302 e.